The number of nitrogens with one attached hydrogen (secondary N) is 1. The monoisotopic (exact) mass is 312 g/mol. The van der Waals surface area contributed by atoms with Crippen molar-refractivity contribution in [1.29, 1.82) is 0 Å². The van der Waals surface area contributed by atoms with E-state index >= 15 is 0 Å². The van der Waals surface area contributed by atoms with E-state index in [4.69, 9.17) is 10.5 Å². The highest BCUT2D eigenvalue weighted by atomic mass is 16.5. The molecule has 0 heterocycles. The topological polar surface area (TPSA) is 81.4 Å². The zero-order valence-electron chi connectivity index (χ0n) is 13.4. The molecule has 0 aliphatic heterocycles. The molecule has 0 saturated heterocycles. The second-order valence-electron chi connectivity index (χ2n) is 5.35. The van der Waals surface area contributed by atoms with Crippen molar-refractivity contribution in [2.45, 2.75) is 19.9 Å². The Hall–Kier alpha value is -2.82. The maximum atomic E-state index is 12.2. The van der Waals surface area contributed by atoms with Gasteiger partial charge in [0.25, 0.3) is 0 Å². The van der Waals surface area contributed by atoms with Crippen LogP contribution in [0.15, 0.2) is 42.5 Å². The highest BCUT2D eigenvalue weighted by Crippen LogP contribution is 2.25. The third kappa shape index (κ3) is 3.69. The van der Waals surface area contributed by atoms with Crippen molar-refractivity contribution in [1.82, 2.24) is 0 Å². The van der Waals surface area contributed by atoms with Crippen LogP contribution in [0, 0.1) is 13.8 Å². The van der Waals surface area contributed by atoms with E-state index in [2.05, 4.69) is 5.32 Å². The van der Waals surface area contributed by atoms with E-state index in [9.17, 15) is 9.59 Å². The fourth-order valence-corrected chi connectivity index (χ4v) is 2.49. The van der Waals surface area contributed by atoms with Crippen LogP contribution in [-0.2, 0) is 9.53 Å². The van der Waals surface area contributed by atoms with E-state index in [0.29, 0.717) is 11.3 Å². The zero-order chi connectivity index (χ0) is 17.0. The number of esters is 1. The van der Waals surface area contributed by atoms with Crippen LogP contribution in [0.5, 0.6) is 0 Å². The van der Waals surface area contributed by atoms with Crippen LogP contribution in [0.1, 0.15) is 33.1 Å². The molecule has 1 amide bonds. The predicted molar refractivity (Wildman–Crippen MR) is 89.3 cm³/mol. The largest absolute Gasteiger partial charge is 0.467 e. The first-order valence-electron chi connectivity index (χ1n) is 7.24. The van der Waals surface area contributed by atoms with E-state index in [1.54, 1.807) is 25.1 Å². The van der Waals surface area contributed by atoms with Gasteiger partial charge < -0.3 is 15.8 Å². The number of rotatable bonds is 5. The molecule has 5 heteroatoms. The molecule has 120 valence electrons. The van der Waals surface area contributed by atoms with Crippen molar-refractivity contribution in [2.24, 2.45) is 5.73 Å². The average molecular weight is 312 g/mol. The Morgan fingerprint density at radius 3 is 2.35 bits per heavy atom. The number of anilines is 1. The molecule has 1 atom stereocenters. The van der Waals surface area contributed by atoms with Gasteiger partial charge in [-0.25, -0.2) is 4.79 Å². The SMILES string of the molecule is COC(=O)[C@@H](Nc1ccc(C(N)=O)c(C)c1)c1ccccc1C. The first-order chi connectivity index (χ1) is 10.9. The van der Waals surface area contributed by atoms with Crippen LogP contribution in [0.3, 0.4) is 0 Å². The molecule has 23 heavy (non-hydrogen) atoms. The Bertz CT molecular complexity index is 741. The van der Waals surface area contributed by atoms with Crippen molar-refractivity contribution >= 4 is 17.6 Å². The fourth-order valence-electron chi connectivity index (χ4n) is 2.49. The summed E-state index contributed by atoms with van der Waals surface area (Å²) in [4.78, 5) is 23.5. The molecule has 2 rings (SSSR count). The summed E-state index contributed by atoms with van der Waals surface area (Å²) in [7, 11) is 1.36. The molecule has 2 aromatic carbocycles. The summed E-state index contributed by atoms with van der Waals surface area (Å²) in [5.74, 6) is -0.853. The molecule has 0 saturated carbocycles. The van der Waals surface area contributed by atoms with Crippen LogP contribution >= 0.6 is 0 Å². The molecular formula is C18H20N2O3. The number of nitrogens with two attached hydrogens (primary N) is 1. The molecule has 5 nitrogen and oxygen atoms in total. The number of carbonyl (C=O) groups is 2. The quantitative estimate of drug-likeness (QED) is 0.832. The second kappa shape index (κ2) is 6.96. The molecule has 0 spiro atoms. The molecule has 0 fully saturated rings. The number of benzene rings is 2. The lowest BCUT2D eigenvalue weighted by atomic mass is 10.0. The van der Waals surface area contributed by atoms with Crippen LogP contribution in [0.4, 0.5) is 5.69 Å². The number of aryl methyl sites for hydroxylation is 2. The normalized spacial score (nSPS) is 11.6. The van der Waals surface area contributed by atoms with Crippen molar-refractivity contribution in [2.75, 3.05) is 12.4 Å². The maximum absolute atomic E-state index is 12.2. The lowest BCUT2D eigenvalue weighted by Crippen LogP contribution is -2.23. The second-order valence-corrected chi connectivity index (χ2v) is 5.35. The molecule has 0 aromatic heterocycles. The van der Waals surface area contributed by atoms with E-state index in [1.165, 1.54) is 7.11 Å². The highest BCUT2D eigenvalue weighted by molar-refractivity contribution is 5.94. The summed E-state index contributed by atoms with van der Waals surface area (Å²) in [6, 6.07) is 12.1. The van der Waals surface area contributed by atoms with Gasteiger partial charge in [-0.05, 0) is 48.7 Å². The Labute approximate surface area is 135 Å². The number of primary amides is 1. The minimum Gasteiger partial charge on any atom is -0.467 e. The first-order valence-corrected chi connectivity index (χ1v) is 7.24. The number of amides is 1. The zero-order valence-corrected chi connectivity index (χ0v) is 13.4. The lowest BCUT2D eigenvalue weighted by molar-refractivity contribution is -0.141. The molecular weight excluding hydrogens is 292 g/mol. The predicted octanol–water partition coefficient (Wildman–Crippen LogP) is 2.73. The van der Waals surface area contributed by atoms with E-state index in [-0.39, 0.29) is 5.97 Å². The summed E-state index contributed by atoms with van der Waals surface area (Å²) >= 11 is 0. The summed E-state index contributed by atoms with van der Waals surface area (Å²) in [5.41, 5.74) is 9.06. The number of methoxy groups -OCH3 is 1. The molecule has 0 radical (unpaired) electrons. The molecule has 0 bridgehead atoms. The Morgan fingerprint density at radius 2 is 1.78 bits per heavy atom. The molecule has 2 aromatic rings. The fraction of sp³-hybridized carbons (Fsp3) is 0.222. The van der Waals surface area contributed by atoms with Gasteiger partial charge in [0.2, 0.25) is 5.91 Å². The minimum absolute atomic E-state index is 0.379. The summed E-state index contributed by atoms with van der Waals surface area (Å²) in [5, 5.41) is 3.17. The Kier molecular flexibility index (Phi) is 5.01. The van der Waals surface area contributed by atoms with Gasteiger partial charge in [-0.3, -0.25) is 4.79 Å². The van der Waals surface area contributed by atoms with E-state index < -0.39 is 11.9 Å². The minimum atomic E-state index is -0.625. The molecule has 3 N–H and O–H groups in total. The third-order valence-electron chi connectivity index (χ3n) is 3.74. The summed E-state index contributed by atoms with van der Waals surface area (Å²) in [6.45, 7) is 3.74. The van der Waals surface area contributed by atoms with Gasteiger partial charge in [0, 0.05) is 11.3 Å². The summed E-state index contributed by atoms with van der Waals surface area (Å²) < 4.78 is 4.91. The van der Waals surface area contributed by atoms with Crippen LogP contribution in [-0.4, -0.2) is 19.0 Å². The lowest BCUT2D eigenvalue weighted by Gasteiger charge is -2.20. The highest BCUT2D eigenvalue weighted by Gasteiger charge is 2.23. The van der Waals surface area contributed by atoms with E-state index in [0.717, 1.165) is 16.7 Å². The van der Waals surface area contributed by atoms with Gasteiger partial charge in [-0.2, -0.15) is 0 Å². The average Bonchev–Trinajstić information content (AvgIpc) is 2.52. The Morgan fingerprint density at radius 1 is 1.09 bits per heavy atom. The first kappa shape index (κ1) is 16.5. The van der Waals surface area contributed by atoms with Gasteiger partial charge in [-0.15, -0.1) is 0 Å². The number of hydrogen-bond donors (Lipinski definition) is 2. The third-order valence-corrected chi connectivity index (χ3v) is 3.74. The van der Waals surface area contributed by atoms with Crippen molar-refractivity contribution in [3.8, 4) is 0 Å². The smallest absolute Gasteiger partial charge is 0.332 e. The van der Waals surface area contributed by atoms with Crippen LogP contribution in [0.2, 0.25) is 0 Å². The van der Waals surface area contributed by atoms with Gasteiger partial charge in [0.15, 0.2) is 6.04 Å². The van der Waals surface area contributed by atoms with Gasteiger partial charge in [0.1, 0.15) is 0 Å². The number of carbonyl (C=O) groups excluding carboxylic acids is 2. The van der Waals surface area contributed by atoms with Crippen molar-refractivity contribution in [3.05, 3.63) is 64.7 Å². The van der Waals surface area contributed by atoms with E-state index in [1.807, 2.05) is 31.2 Å². The van der Waals surface area contributed by atoms with Gasteiger partial charge in [0.05, 0.1) is 7.11 Å². The van der Waals surface area contributed by atoms with Crippen LogP contribution < -0.4 is 11.1 Å². The van der Waals surface area contributed by atoms with Crippen molar-refractivity contribution in [3.63, 3.8) is 0 Å². The van der Waals surface area contributed by atoms with Gasteiger partial charge in [-0.1, -0.05) is 24.3 Å². The maximum Gasteiger partial charge on any atom is 0.332 e. The molecule has 0 aliphatic rings. The van der Waals surface area contributed by atoms with Crippen molar-refractivity contribution < 1.29 is 14.3 Å². The summed E-state index contributed by atoms with van der Waals surface area (Å²) in [6.07, 6.45) is 0. The Balaban J connectivity index is 2.36. The standard InChI is InChI=1S/C18H20N2O3/c1-11-6-4-5-7-14(11)16(18(22)23-3)20-13-8-9-15(17(19)21)12(2)10-13/h4-10,16,20H,1-3H3,(H2,19,21)/t16-/m0/s1. The van der Waals surface area contributed by atoms with Crippen LogP contribution in [0.25, 0.3) is 0 Å². The number of ether oxygens (including phenoxy) is 1. The number of hydrogen-bond acceptors (Lipinski definition) is 4. The molecule has 0 aliphatic carbocycles. The molecule has 0 unspecified atom stereocenters. The van der Waals surface area contributed by atoms with Gasteiger partial charge >= 0.3 is 5.97 Å².